The highest BCUT2D eigenvalue weighted by Crippen LogP contribution is 2.29. The van der Waals surface area contributed by atoms with Crippen LogP contribution in [0.15, 0.2) is 24.3 Å². The summed E-state index contributed by atoms with van der Waals surface area (Å²) in [5, 5.41) is 3.17. The Hall–Kier alpha value is -1.75. The van der Waals surface area contributed by atoms with Crippen LogP contribution in [0.5, 0.6) is 0 Å². The van der Waals surface area contributed by atoms with Gasteiger partial charge in [-0.1, -0.05) is 19.1 Å². The number of urea groups is 1. The van der Waals surface area contributed by atoms with Crippen molar-refractivity contribution in [2.24, 2.45) is 5.92 Å². The second kappa shape index (κ2) is 8.56. The summed E-state index contributed by atoms with van der Waals surface area (Å²) in [6.07, 6.45) is 4.89. The van der Waals surface area contributed by atoms with Crippen molar-refractivity contribution in [1.82, 2.24) is 9.80 Å². The van der Waals surface area contributed by atoms with E-state index in [1.54, 1.807) is 0 Å². The summed E-state index contributed by atoms with van der Waals surface area (Å²) in [5.74, 6) is 0.591. The van der Waals surface area contributed by atoms with Crippen LogP contribution >= 0.6 is 0 Å². The second-order valence-electron chi connectivity index (χ2n) is 7.45. The Balaban J connectivity index is 1.60. The van der Waals surface area contributed by atoms with Crippen LogP contribution in [-0.4, -0.2) is 62.1 Å². The second-order valence-corrected chi connectivity index (χ2v) is 7.45. The number of amides is 2. The van der Waals surface area contributed by atoms with Gasteiger partial charge in [-0.3, -0.25) is 0 Å². The number of carbonyl (C=O) groups is 1. The molecule has 0 unspecified atom stereocenters. The van der Waals surface area contributed by atoms with Crippen molar-refractivity contribution in [3.05, 3.63) is 24.3 Å². The van der Waals surface area contributed by atoms with Crippen LogP contribution in [0, 0.1) is 5.92 Å². The smallest absolute Gasteiger partial charge is 0.321 e. The number of nitrogens with zero attached hydrogens (tertiary/aromatic N) is 3. The summed E-state index contributed by atoms with van der Waals surface area (Å²) in [6, 6.07) is 8.27. The van der Waals surface area contributed by atoms with Crippen molar-refractivity contribution >= 4 is 17.4 Å². The number of anilines is 2. The minimum atomic E-state index is 0.0473. The monoisotopic (exact) mass is 344 g/mol. The molecular formula is C20H32N4O. The SMILES string of the molecule is CCN(C)C[C@H]1CCN(C(=O)Nc2ccccc2N2CCCCC2)C1. The number of likely N-dealkylation sites (tertiary alicyclic amines) is 1. The molecule has 2 saturated heterocycles. The molecule has 25 heavy (non-hydrogen) atoms. The molecule has 2 heterocycles. The van der Waals surface area contributed by atoms with Gasteiger partial charge in [0.25, 0.3) is 0 Å². The van der Waals surface area contributed by atoms with Gasteiger partial charge >= 0.3 is 6.03 Å². The Morgan fingerprint density at radius 3 is 2.72 bits per heavy atom. The molecule has 3 rings (SSSR count). The Bertz CT molecular complexity index is 571. The van der Waals surface area contributed by atoms with E-state index >= 15 is 0 Å². The zero-order valence-electron chi connectivity index (χ0n) is 15.7. The predicted molar refractivity (Wildman–Crippen MR) is 104 cm³/mol. The lowest BCUT2D eigenvalue weighted by molar-refractivity contribution is 0.218. The van der Waals surface area contributed by atoms with Crippen molar-refractivity contribution in [1.29, 1.82) is 0 Å². The summed E-state index contributed by atoms with van der Waals surface area (Å²) in [7, 11) is 2.15. The first-order chi connectivity index (χ1) is 12.2. The van der Waals surface area contributed by atoms with Crippen LogP contribution in [0.4, 0.5) is 16.2 Å². The van der Waals surface area contributed by atoms with E-state index in [0.29, 0.717) is 5.92 Å². The summed E-state index contributed by atoms with van der Waals surface area (Å²) in [4.78, 5) is 19.4. The number of hydrogen-bond acceptors (Lipinski definition) is 3. The molecule has 0 spiro atoms. The maximum absolute atomic E-state index is 12.7. The van der Waals surface area contributed by atoms with Gasteiger partial charge in [-0.15, -0.1) is 0 Å². The molecular weight excluding hydrogens is 312 g/mol. The molecule has 1 N–H and O–H groups in total. The van der Waals surface area contributed by atoms with Crippen LogP contribution in [0.3, 0.4) is 0 Å². The van der Waals surface area contributed by atoms with Crippen molar-refractivity contribution in [2.45, 2.75) is 32.6 Å². The first-order valence-electron chi connectivity index (χ1n) is 9.76. The maximum Gasteiger partial charge on any atom is 0.321 e. The quantitative estimate of drug-likeness (QED) is 0.889. The first-order valence-corrected chi connectivity index (χ1v) is 9.76. The molecule has 1 atom stereocenters. The molecule has 5 heteroatoms. The fourth-order valence-corrected chi connectivity index (χ4v) is 3.92. The van der Waals surface area contributed by atoms with Gasteiger partial charge in [0.1, 0.15) is 0 Å². The van der Waals surface area contributed by atoms with Crippen LogP contribution in [0.1, 0.15) is 32.6 Å². The number of benzene rings is 1. The lowest BCUT2D eigenvalue weighted by Gasteiger charge is -2.31. The largest absolute Gasteiger partial charge is 0.370 e. The van der Waals surface area contributed by atoms with Gasteiger partial charge < -0.3 is 20.0 Å². The summed E-state index contributed by atoms with van der Waals surface area (Å²) in [6.45, 7) is 8.21. The van der Waals surface area contributed by atoms with E-state index in [0.717, 1.165) is 57.1 Å². The Labute approximate surface area is 152 Å². The van der Waals surface area contributed by atoms with Gasteiger partial charge in [0.15, 0.2) is 0 Å². The van der Waals surface area contributed by atoms with Gasteiger partial charge in [0.05, 0.1) is 11.4 Å². The molecule has 1 aromatic carbocycles. The van der Waals surface area contributed by atoms with Crippen LogP contribution in [0.2, 0.25) is 0 Å². The third kappa shape index (κ3) is 4.66. The standard InChI is InChI=1S/C20H32N4O/c1-3-22(2)15-17-11-14-24(16-17)20(25)21-18-9-5-6-10-19(18)23-12-7-4-8-13-23/h5-6,9-10,17H,3-4,7-8,11-16H2,1-2H3,(H,21,25)/t17-/m1/s1. The molecule has 5 nitrogen and oxygen atoms in total. The zero-order valence-corrected chi connectivity index (χ0v) is 15.7. The number of rotatable bonds is 5. The van der Waals surface area contributed by atoms with Crippen LogP contribution in [-0.2, 0) is 0 Å². The van der Waals surface area contributed by atoms with Crippen molar-refractivity contribution < 1.29 is 4.79 Å². The third-order valence-corrected chi connectivity index (χ3v) is 5.53. The Kier molecular flexibility index (Phi) is 6.19. The van der Waals surface area contributed by atoms with E-state index in [4.69, 9.17) is 0 Å². The summed E-state index contributed by atoms with van der Waals surface area (Å²) < 4.78 is 0. The van der Waals surface area contributed by atoms with E-state index in [2.05, 4.69) is 41.2 Å². The maximum atomic E-state index is 12.7. The van der Waals surface area contributed by atoms with E-state index < -0.39 is 0 Å². The fraction of sp³-hybridized carbons (Fsp3) is 0.650. The third-order valence-electron chi connectivity index (χ3n) is 5.53. The number of nitrogens with one attached hydrogen (secondary N) is 1. The Morgan fingerprint density at radius 1 is 1.20 bits per heavy atom. The lowest BCUT2D eigenvalue weighted by atomic mass is 10.1. The average molecular weight is 345 g/mol. The highest BCUT2D eigenvalue weighted by Gasteiger charge is 2.27. The molecule has 2 amide bonds. The molecule has 0 bridgehead atoms. The number of piperidine rings is 1. The van der Waals surface area contributed by atoms with Crippen molar-refractivity contribution in [3.63, 3.8) is 0 Å². The average Bonchev–Trinajstić information content (AvgIpc) is 3.11. The van der Waals surface area contributed by atoms with E-state index in [1.165, 1.54) is 19.3 Å². The highest BCUT2D eigenvalue weighted by molar-refractivity contribution is 5.93. The van der Waals surface area contributed by atoms with E-state index in [9.17, 15) is 4.79 Å². The summed E-state index contributed by atoms with van der Waals surface area (Å²) >= 11 is 0. The van der Waals surface area contributed by atoms with Crippen LogP contribution < -0.4 is 10.2 Å². The Morgan fingerprint density at radius 2 is 1.96 bits per heavy atom. The molecule has 2 fully saturated rings. The molecule has 2 aliphatic heterocycles. The topological polar surface area (TPSA) is 38.8 Å². The van der Waals surface area contributed by atoms with Gasteiger partial charge in [-0.25, -0.2) is 4.79 Å². The first kappa shape index (κ1) is 18.1. The molecule has 0 aliphatic carbocycles. The van der Waals surface area contributed by atoms with Gasteiger partial charge in [-0.05, 0) is 57.3 Å². The van der Waals surface area contributed by atoms with Gasteiger partial charge in [-0.2, -0.15) is 0 Å². The number of para-hydroxylation sites is 2. The molecule has 0 aromatic heterocycles. The minimum Gasteiger partial charge on any atom is -0.370 e. The molecule has 1 aromatic rings. The number of carbonyl (C=O) groups excluding carboxylic acids is 1. The van der Waals surface area contributed by atoms with E-state index in [-0.39, 0.29) is 6.03 Å². The minimum absolute atomic E-state index is 0.0473. The highest BCUT2D eigenvalue weighted by atomic mass is 16.2. The zero-order chi connectivity index (χ0) is 17.6. The van der Waals surface area contributed by atoms with E-state index in [1.807, 2.05) is 17.0 Å². The molecule has 2 aliphatic rings. The number of hydrogen-bond donors (Lipinski definition) is 1. The van der Waals surface area contributed by atoms with Crippen molar-refractivity contribution in [2.75, 3.05) is 56.5 Å². The molecule has 138 valence electrons. The lowest BCUT2D eigenvalue weighted by Crippen LogP contribution is -2.35. The van der Waals surface area contributed by atoms with Crippen LogP contribution in [0.25, 0.3) is 0 Å². The molecule has 0 saturated carbocycles. The van der Waals surface area contributed by atoms with Gasteiger partial charge in [0, 0.05) is 32.7 Å². The fourth-order valence-electron chi connectivity index (χ4n) is 3.92. The predicted octanol–water partition coefficient (Wildman–Crippen LogP) is 3.48. The normalized spacial score (nSPS) is 21.0. The summed E-state index contributed by atoms with van der Waals surface area (Å²) in [5.41, 5.74) is 2.11. The van der Waals surface area contributed by atoms with Gasteiger partial charge in [0.2, 0.25) is 0 Å². The molecule has 0 radical (unpaired) electrons. The van der Waals surface area contributed by atoms with Crippen molar-refractivity contribution in [3.8, 4) is 0 Å².